The molecule has 158 valence electrons. The fourth-order valence-electron chi connectivity index (χ4n) is 3.31. The number of aromatic nitrogens is 1. The average Bonchev–Trinajstić information content (AvgIpc) is 3.16. The summed E-state index contributed by atoms with van der Waals surface area (Å²) >= 11 is 5.08. The lowest BCUT2D eigenvalue weighted by Crippen LogP contribution is -2.49. The van der Waals surface area contributed by atoms with Crippen LogP contribution in [0.1, 0.15) is 6.42 Å². The molecule has 0 saturated carbocycles. The van der Waals surface area contributed by atoms with Gasteiger partial charge in [0.25, 0.3) is 0 Å². The molecule has 2 aromatic carbocycles. The van der Waals surface area contributed by atoms with Crippen molar-refractivity contribution in [2.75, 3.05) is 36.8 Å². The lowest BCUT2D eigenvalue weighted by molar-refractivity contribution is -0.131. The number of amides is 1. The minimum absolute atomic E-state index is 0.0315. The van der Waals surface area contributed by atoms with Crippen LogP contribution in [-0.4, -0.2) is 56.1 Å². The summed E-state index contributed by atoms with van der Waals surface area (Å²) in [6, 6.07) is 10.6. The third-order valence-corrected chi connectivity index (χ3v) is 8.30. The van der Waals surface area contributed by atoms with Gasteiger partial charge in [-0.05, 0) is 42.5 Å². The van der Waals surface area contributed by atoms with E-state index in [1.165, 1.54) is 12.1 Å². The van der Waals surface area contributed by atoms with E-state index < -0.39 is 15.7 Å². The topological polar surface area (TPSA) is 70.6 Å². The summed E-state index contributed by atoms with van der Waals surface area (Å²) in [5, 5.41) is 0.925. The molecule has 1 aliphatic rings. The molecule has 0 aliphatic carbocycles. The Kier molecular flexibility index (Phi) is 6.08. The highest BCUT2D eigenvalue weighted by atomic mass is 79.9. The smallest absolute Gasteiger partial charge is 0.223 e. The van der Waals surface area contributed by atoms with Gasteiger partial charge >= 0.3 is 0 Å². The molecule has 0 radical (unpaired) electrons. The number of anilines is 1. The molecular weight excluding hydrogens is 493 g/mol. The summed E-state index contributed by atoms with van der Waals surface area (Å²) in [4.78, 5) is 21.1. The fourth-order valence-corrected chi connectivity index (χ4v) is 6.11. The van der Waals surface area contributed by atoms with Crippen LogP contribution in [0.4, 0.5) is 9.52 Å². The Morgan fingerprint density at radius 3 is 2.50 bits per heavy atom. The normalized spacial score (nSPS) is 15.0. The van der Waals surface area contributed by atoms with Gasteiger partial charge in [0.15, 0.2) is 15.0 Å². The first-order valence-corrected chi connectivity index (χ1v) is 12.7. The standard InChI is InChI=1S/C20H19BrFN3O3S2/c21-14-1-6-17-18(13-14)29-20(23-17)25-10-8-24(9-11-25)19(26)7-12-30(27,28)16-4-2-15(22)3-5-16/h1-6,13H,7-12H2. The molecule has 0 bridgehead atoms. The van der Waals surface area contributed by atoms with E-state index in [0.717, 1.165) is 32.0 Å². The van der Waals surface area contributed by atoms with Gasteiger partial charge in [-0.3, -0.25) is 4.79 Å². The molecule has 1 aliphatic heterocycles. The molecule has 10 heteroatoms. The van der Waals surface area contributed by atoms with Crippen LogP contribution in [0.3, 0.4) is 0 Å². The summed E-state index contributed by atoms with van der Waals surface area (Å²) in [6.45, 7) is 2.35. The van der Waals surface area contributed by atoms with E-state index in [-0.39, 0.29) is 23.0 Å². The maximum atomic E-state index is 13.0. The van der Waals surface area contributed by atoms with Crippen LogP contribution in [0.25, 0.3) is 10.2 Å². The molecule has 1 saturated heterocycles. The van der Waals surface area contributed by atoms with E-state index in [4.69, 9.17) is 0 Å². The van der Waals surface area contributed by atoms with Gasteiger partial charge < -0.3 is 9.80 Å². The molecule has 0 atom stereocenters. The van der Waals surface area contributed by atoms with Gasteiger partial charge in [-0.1, -0.05) is 27.3 Å². The summed E-state index contributed by atoms with van der Waals surface area (Å²) in [5.41, 5.74) is 0.947. The quantitative estimate of drug-likeness (QED) is 0.488. The van der Waals surface area contributed by atoms with E-state index in [0.29, 0.717) is 26.2 Å². The predicted octanol–water partition coefficient (Wildman–Crippen LogP) is 3.71. The van der Waals surface area contributed by atoms with Crippen LogP contribution in [0.15, 0.2) is 51.8 Å². The zero-order valence-corrected chi connectivity index (χ0v) is 19.1. The van der Waals surface area contributed by atoms with Crippen molar-refractivity contribution in [3.8, 4) is 0 Å². The number of carbonyl (C=O) groups is 1. The van der Waals surface area contributed by atoms with Crippen LogP contribution in [0, 0.1) is 5.82 Å². The first-order valence-electron chi connectivity index (χ1n) is 9.39. The van der Waals surface area contributed by atoms with E-state index in [2.05, 4.69) is 25.8 Å². The molecule has 1 fully saturated rings. The number of nitrogens with zero attached hydrogens (tertiary/aromatic N) is 3. The number of benzene rings is 2. The summed E-state index contributed by atoms with van der Waals surface area (Å²) in [5.74, 6) is -0.970. The summed E-state index contributed by atoms with van der Waals surface area (Å²) in [6.07, 6.45) is -0.0884. The van der Waals surface area contributed by atoms with Crippen LogP contribution in [0.5, 0.6) is 0 Å². The maximum Gasteiger partial charge on any atom is 0.223 e. The number of fused-ring (bicyclic) bond motifs is 1. The van der Waals surface area contributed by atoms with Crippen LogP contribution >= 0.6 is 27.3 Å². The van der Waals surface area contributed by atoms with Crippen molar-refractivity contribution in [1.82, 2.24) is 9.88 Å². The molecule has 30 heavy (non-hydrogen) atoms. The van der Waals surface area contributed by atoms with E-state index in [1.807, 2.05) is 18.2 Å². The third-order valence-electron chi connectivity index (χ3n) is 5.00. The molecule has 0 unspecified atom stereocenters. The first-order chi connectivity index (χ1) is 14.3. The second-order valence-corrected chi connectivity index (χ2v) is 11.0. The van der Waals surface area contributed by atoms with Gasteiger partial charge in [0, 0.05) is 37.1 Å². The number of thiazole rings is 1. The van der Waals surface area contributed by atoms with Crippen molar-refractivity contribution in [3.63, 3.8) is 0 Å². The van der Waals surface area contributed by atoms with Gasteiger partial charge in [-0.15, -0.1) is 0 Å². The van der Waals surface area contributed by atoms with Gasteiger partial charge in [0.1, 0.15) is 5.82 Å². The summed E-state index contributed by atoms with van der Waals surface area (Å²) in [7, 11) is -3.62. The highest BCUT2D eigenvalue weighted by molar-refractivity contribution is 9.10. The number of piperazine rings is 1. The van der Waals surface area contributed by atoms with E-state index >= 15 is 0 Å². The Labute approximate surface area is 186 Å². The maximum absolute atomic E-state index is 13.0. The molecule has 4 rings (SSSR count). The zero-order valence-electron chi connectivity index (χ0n) is 15.9. The van der Waals surface area contributed by atoms with E-state index in [9.17, 15) is 17.6 Å². The lowest BCUT2D eigenvalue weighted by atomic mass is 10.3. The van der Waals surface area contributed by atoms with Crippen molar-refractivity contribution in [3.05, 3.63) is 52.8 Å². The monoisotopic (exact) mass is 511 g/mol. The highest BCUT2D eigenvalue weighted by Gasteiger charge is 2.25. The molecular formula is C20H19BrFN3O3S2. The van der Waals surface area contributed by atoms with Crippen LogP contribution in [-0.2, 0) is 14.6 Å². The van der Waals surface area contributed by atoms with Crippen molar-refractivity contribution in [2.24, 2.45) is 0 Å². The molecule has 0 N–H and O–H groups in total. The zero-order chi connectivity index (χ0) is 21.3. The highest BCUT2D eigenvalue weighted by Crippen LogP contribution is 2.31. The van der Waals surface area contributed by atoms with Crippen molar-refractivity contribution < 1.29 is 17.6 Å². The van der Waals surface area contributed by atoms with Gasteiger partial charge in [-0.2, -0.15) is 0 Å². The Bertz CT molecular complexity index is 1170. The number of hydrogen-bond donors (Lipinski definition) is 0. The minimum atomic E-state index is -3.62. The van der Waals surface area contributed by atoms with Gasteiger partial charge in [-0.25, -0.2) is 17.8 Å². The molecule has 2 heterocycles. The second-order valence-electron chi connectivity index (χ2n) is 7.00. The number of halogens is 2. The Balaban J connectivity index is 1.33. The Morgan fingerprint density at radius 2 is 1.80 bits per heavy atom. The largest absolute Gasteiger partial charge is 0.345 e. The Morgan fingerprint density at radius 1 is 1.10 bits per heavy atom. The molecule has 1 aromatic heterocycles. The van der Waals surface area contributed by atoms with Crippen molar-refractivity contribution >= 4 is 58.4 Å². The fraction of sp³-hybridized carbons (Fsp3) is 0.300. The number of carbonyl (C=O) groups excluding carboxylic acids is 1. The van der Waals surface area contributed by atoms with Crippen LogP contribution in [0.2, 0.25) is 0 Å². The van der Waals surface area contributed by atoms with Crippen molar-refractivity contribution in [2.45, 2.75) is 11.3 Å². The predicted molar refractivity (Wildman–Crippen MR) is 119 cm³/mol. The SMILES string of the molecule is O=C(CCS(=O)(=O)c1ccc(F)cc1)N1CCN(c2nc3ccc(Br)cc3s2)CC1. The average molecular weight is 512 g/mol. The van der Waals surface area contributed by atoms with E-state index in [1.54, 1.807) is 16.2 Å². The number of sulfone groups is 1. The van der Waals surface area contributed by atoms with Gasteiger partial charge in [0.2, 0.25) is 5.91 Å². The molecule has 6 nitrogen and oxygen atoms in total. The molecule has 3 aromatic rings. The molecule has 1 amide bonds. The third kappa shape index (κ3) is 4.65. The number of rotatable bonds is 5. The second kappa shape index (κ2) is 8.60. The van der Waals surface area contributed by atoms with Gasteiger partial charge in [0.05, 0.1) is 20.9 Å². The van der Waals surface area contributed by atoms with Crippen LogP contribution < -0.4 is 4.90 Å². The number of hydrogen-bond acceptors (Lipinski definition) is 6. The minimum Gasteiger partial charge on any atom is -0.345 e. The summed E-state index contributed by atoms with van der Waals surface area (Å²) < 4.78 is 39.8. The Hall–Kier alpha value is -2.04. The lowest BCUT2D eigenvalue weighted by Gasteiger charge is -2.34. The first kappa shape index (κ1) is 21.2. The molecule has 0 spiro atoms. The van der Waals surface area contributed by atoms with Crippen molar-refractivity contribution in [1.29, 1.82) is 0 Å².